The van der Waals surface area contributed by atoms with Crippen molar-refractivity contribution in [1.82, 2.24) is 4.90 Å². The molecule has 3 aromatic carbocycles. The van der Waals surface area contributed by atoms with Crippen LogP contribution in [-0.4, -0.2) is 11.6 Å². The summed E-state index contributed by atoms with van der Waals surface area (Å²) in [7, 11) is 0. The fraction of sp³-hybridized carbons (Fsp3) is 0.160. The summed E-state index contributed by atoms with van der Waals surface area (Å²) in [4.78, 5) is 15.1. The number of benzene rings is 3. The van der Waals surface area contributed by atoms with Crippen molar-refractivity contribution >= 4 is 34.2 Å². The molecule has 0 spiro atoms. The van der Waals surface area contributed by atoms with Crippen LogP contribution in [0.15, 0.2) is 69.9 Å². The highest BCUT2D eigenvalue weighted by Crippen LogP contribution is 2.40. The van der Waals surface area contributed by atoms with Gasteiger partial charge < -0.3 is 9.15 Å². The van der Waals surface area contributed by atoms with E-state index in [2.05, 4.69) is 0 Å². The van der Waals surface area contributed by atoms with Gasteiger partial charge in [0.25, 0.3) is 0 Å². The zero-order valence-electron chi connectivity index (χ0n) is 17.5. The van der Waals surface area contributed by atoms with Crippen LogP contribution >= 0.6 is 23.2 Å². The first-order valence-electron chi connectivity index (χ1n) is 10.3. The van der Waals surface area contributed by atoms with Crippen LogP contribution in [0.1, 0.15) is 16.9 Å². The molecule has 4 nitrogen and oxygen atoms in total. The zero-order valence-corrected chi connectivity index (χ0v) is 19.0. The molecule has 1 aliphatic rings. The summed E-state index contributed by atoms with van der Waals surface area (Å²) in [5, 5.41) is 1.02. The normalized spacial score (nSPS) is 14.1. The van der Waals surface area contributed by atoms with Crippen LogP contribution in [0.3, 0.4) is 0 Å². The third-order valence-electron chi connectivity index (χ3n) is 5.63. The lowest BCUT2D eigenvalue weighted by Gasteiger charge is -2.29. The fourth-order valence-corrected chi connectivity index (χ4v) is 4.54. The Labute approximate surface area is 202 Å². The molecule has 0 amide bonds. The molecule has 0 atom stereocenters. The minimum Gasteiger partial charge on any atom is -0.478 e. The lowest BCUT2D eigenvalue weighted by Crippen LogP contribution is -2.32. The molecule has 9 heteroatoms. The lowest BCUT2D eigenvalue weighted by molar-refractivity contribution is -0.152. The summed E-state index contributed by atoms with van der Waals surface area (Å²) in [5.41, 5.74) is -0.111. The number of hydrogen-bond acceptors (Lipinski definition) is 4. The van der Waals surface area contributed by atoms with Gasteiger partial charge in [-0.05, 0) is 35.4 Å². The Kier molecular flexibility index (Phi) is 5.80. The summed E-state index contributed by atoms with van der Waals surface area (Å²) < 4.78 is 53.3. The topological polar surface area (TPSA) is 42.7 Å². The van der Waals surface area contributed by atoms with Crippen molar-refractivity contribution in [3.05, 3.63) is 97.8 Å². The second-order valence-corrected chi connectivity index (χ2v) is 8.76. The molecule has 1 aromatic heterocycles. The van der Waals surface area contributed by atoms with Crippen LogP contribution in [0.2, 0.25) is 10.0 Å². The second kappa shape index (κ2) is 8.65. The molecule has 34 heavy (non-hydrogen) atoms. The molecule has 0 unspecified atom stereocenters. The summed E-state index contributed by atoms with van der Waals surface area (Å²) >= 11 is 12.2. The van der Waals surface area contributed by atoms with E-state index in [0.717, 1.165) is 5.56 Å². The van der Waals surface area contributed by atoms with Crippen LogP contribution in [0.5, 0.6) is 5.75 Å². The molecule has 2 heterocycles. The SMILES string of the molecule is O=c1c(-c2ccccc2)c(C(F)(F)F)oc2c3c(ccc12)OCN(Cc1ccc(Cl)cc1Cl)C3. The van der Waals surface area contributed by atoms with Crippen LogP contribution in [-0.2, 0) is 19.3 Å². The van der Waals surface area contributed by atoms with Gasteiger partial charge in [-0.3, -0.25) is 9.69 Å². The van der Waals surface area contributed by atoms with E-state index >= 15 is 0 Å². The minimum absolute atomic E-state index is 0.0561. The van der Waals surface area contributed by atoms with Gasteiger partial charge >= 0.3 is 6.18 Å². The van der Waals surface area contributed by atoms with Gasteiger partial charge in [0.05, 0.1) is 16.5 Å². The van der Waals surface area contributed by atoms with Gasteiger partial charge in [-0.1, -0.05) is 59.6 Å². The first kappa shape index (κ1) is 22.8. The highest BCUT2D eigenvalue weighted by Gasteiger charge is 2.40. The number of halogens is 5. The summed E-state index contributed by atoms with van der Waals surface area (Å²) in [5.74, 6) is -0.961. The van der Waals surface area contributed by atoms with E-state index in [4.69, 9.17) is 32.4 Å². The average Bonchev–Trinajstić information content (AvgIpc) is 2.80. The third-order valence-corrected chi connectivity index (χ3v) is 6.22. The summed E-state index contributed by atoms with van der Waals surface area (Å²) in [6.07, 6.45) is -4.87. The van der Waals surface area contributed by atoms with E-state index in [1.165, 1.54) is 18.2 Å². The quantitative estimate of drug-likeness (QED) is 0.296. The monoisotopic (exact) mass is 505 g/mol. The number of rotatable bonds is 3. The van der Waals surface area contributed by atoms with Crippen molar-refractivity contribution in [2.24, 2.45) is 0 Å². The summed E-state index contributed by atoms with van der Waals surface area (Å²) in [6.45, 7) is 0.761. The molecule has 0 fully saturated rings. The number of fused-ring (bicyclic) bond motifs is 3. The highest BCUT2D eigenvalue weighted by molar-refractivity contribution is 6.35. The minimum atomic E-state index is -4.87. The molecule has 5 rings (SSSR count). The predicted molar refractivity (Wildman–Crippen MR) is 124 cm³/mol. The van der Waals surface area contributed by atoms with Gasteiger partial charge in [-0.25, -0.2) is 0 Å². The molecule has 0 saturated carbocycles. The second-order valence-electron chi connectivity index (χ2n) is 7.91. The first-order valence-corrected chi connectivity index (χ1v) is 11.0. The van der Waals surface area contributed by atoms with E-state index in [9.17, 15) is 18.0 Å². The number of alkyl halides is 3. The molecule has 4 aromatic rings. The molecule has 0 saturated heterocycles. The van der Waals surface area contributed by atoms with Gasteiger partial charge in [0.15, 0.2) is 0 Å². The first-order chi connectivity index (χ1) is 16.2. The maximum atomic E-state index is 14.0. The van der Waals surface area contributed by atoms with Crippen molar-refractivity contribution in [2.45, 2.75) is 19.3 Å². The fourth-order valence-electron chi connectivity index (χ4n) is 4.07. The Hall–Kier alpha value is -3.00. The summed E-state index contributed by atoms with van der Waals surface area (Å²) in [6, 6.07) is 15.8. The van der Waals surface area contributed by atoms with E-state index in [1.54, 1.807) is 42.5 Å². The molecule has 1 aliphatic heterocycles. The molecular weight excluding hydrogens is 490 g/mol. The molecule has 0 N–H and O–H groups in total. The maximum Gasteiger partial charge on any atom is 0.450 e. The Morgan fingerprint density at radius 3 is 2.47 bits per heavy atom. The van der Waals surface area contributed by atoms with E-state index < -0.39 is 22.9 Å². The van der Waals surface area contributed by atoms with Gasteiger partial charge in [-0.15, -0.1) is 0 Å². The van der Waals surface area contributed by atoms with E-state index in [1.807, 2.05) is 4.90 Å². The molecular formula is C25H16Cl2F3NO3. The molecule has 174 valence electrons. The van der Waals surface area contributed by atoms with Crippen molar-refractivity contribution in [3.63, 3.8) is 0 Å². The Morgan fingerprint density at radius 2 is 1.76 bits per heavy atom. The largest absolute Gasteiger partial charge is 0.478 e. The average molecular weight is 506 g/mol. The van der Waals surface area contributed by atoms with E-state index in [0.29, 0.717) is 27.9 Å². The number of hydrogen-bond donors (Lipinski definition) is 0. The Bertz CT molecular complexity index is 1450. The number of nitrogens with zero attached hydrogens (tertiary/aromatic N) is 1. The third kappa shape index (κ3) is 4.15. The molecule has 0 aliphatic carbocycles. The maximum absolute atomic E-state index is 14.0. The van der Waals surface area contributed by atoms with Crippen molar-refractivity contribution < 1.29 is 22.3 Å². The number of ether oxygens (including phenoxy) is 1. The highest BCUT2D eigenvalue weighted by atomic mass is 35.5. The van der Waals surface area contributed by atoms with Crippen LogP contribution in [0.25, 0.3) is 22.1 Å². The standard InChI is InChI=1S/C25H16Cl2F3NO3/c26-16-7-6-15(19(27)10-16)11-31-12-18-20(33-13-31)9-8-17-22(32)21(14-4-2-1-3-5-14)24(25(28,29)30)34-23(17)18/h1-10H,11-13H2. The van der Waals surface area contributed by atoms with Gasteiger partial charge in [-0.2, -0.15) is 13.2 Å². The zero-order chi connectivity index (χ0) is 24.0. The van der Waals surface area contributed by atoms with Crippen molar-refractivity contribution in [3.8, 4) is 16.9 Å². The van der Waals surface area contributed by atoms with Crippen molar-refractivity contribution in [2.75, 3.05) is 6.73 Å². The van der Waals surface area contributed by atoms with E-state index in [-0.39, 0.29) is 29.8 Å². The Balaban J connectivity index is 1.63. The van der Waals surface area contributed by atoms with Crippen LogP contribution < -0.4 is 10.2 Å². The van der Waals surface area contributed by atoms with Crippen LogP contribution in [0.4, 0.5) is 13.2 Å². The lowest BCUT2D eigenvalue weighted by atomic mass is 10.00. The van der Waals surface area contributed by atoms with Gasteiger partial charge in [0.2, 0.25) is 11.2 Å². The van der Waals surface area contributed by atoms with Gasteiger partial charge in [0, 0.05) is 23.1 Å². The Morgan fingerprint density at radius 1 is 1.00 bits per heavy atom. The van der Waals surface area contributed by atoms with Crippen molar-refractivity contribution in [1.29, 1.82) is 0 Å². The molecule has 0 radical (unpaired) electrons. The molecule has 0 bridgehead atoms. The smallest absolute Gasteiger partial charge is 0.450 e. The predicted octanol–water partition coefficient (Wildman–Crippen LogP) is 7.14. The van der Waals surface area contributed by atoms with Gasteiger partial charge in [0.1, 0.15) is 18.1 Å². The van der Waals surface area contributed by atoms with Crippen LogP contribution in [0, 0.1) is 0 Å².